The van der Waals surface area contributed by atoms with Gasteiger partial charge in [-0.15, -0.1) is 0 Å². The average molecular weight is 279 g/mol. The number of fused-ring (bicyclic) bond motifs is 2. The topological polar surface area (TPSA) is 9.72 Å². The molecule has 4 fully saturated rings. The Bertz CT molecular complexity index is 316. The molecule has 0 radical (unpaired) electrons. The van der Waals surface area contributed by atoms with E-state index in [1.165, 1.54) is 58.5 Å². The zero-order valence-electron chi connectivity index (χ0n) is 13.9. The van der Waals surface area contributed by atoms with Crippen LogP contribution in [0.15, 0.2) is 0 Å². The third-order valence-electron chi connectivity index (χ3n) is 5.86. The van der Waals surface area contributed by atoms with Crippen LogP contribution in [0.1, 0.15) is 47.0 Å². The van der Waals surface area contributed by atoms with Crippen LogP contribution >= 0.6 is 0 Å². The molecule has 2 bridgehead atoms. The Hall–Kier alpha value is -0.120. The van der Waals surface area contributed by atoms with Crippen molar-refractivity contribution in [2.24, 2.45) is 5.92 Å². The van der Waals surface area contributed by atoms with Crippen LogP contribution in [0.3, 0.4) is 0 Å². The molecule has 4 rings (SSSR count). The maximum atomic E-state index is 2.77. The van der Waals surface area contributed by atoms with Crippen molar-refractivity contribution in [1.82, 2.24) is 14.7 Å². The Kier molecular flexibility index (Phi) is 4.13. The van der Waals surface area contributed by atoms with Crippen LogP contribution < -0.4 is 0 Å². The van der Waals surface area contributed by atoms with Gasteiger partial charge in [-0.3, -0.25) is 14.7 Å². The minimum Gasteiger partial charge on any atom is -0.300 e. The lowest BCUT2D eigenvalue weighted by atomic mass is 9.86. The molecular formula is C17H33N3. The van der Waals surface area contributed by atoms with E-state index in [1.807, 2.05) is 0 Å². The highest BCUT2D eigenvalue weighted by Crippen LogP contribution is 2.33. The van der Waals surface area contributed by atoms with E-state index in [0.29, 0.717) is 5.54 Å². The quantitative estimate of drug-likeness (QED) is 0.785. The van der Waals surface area contributed by atoms with Crippen LogP contribution in [0.2, 0.25) is 0 Å². The van der Waals surface area contributed by atoms with Crippen molar-refractivity contribution in [3.63, 3.8) is 0 Å². The summed E-state index contributed by atoms with van der Waals surface area (Å²) >= 11 is 0. The molecular weight excluding hydrogens is 246 g/mol. The third-order valence-corrected chi connectivity index (χ3v) is 5.86. The first-order chi connectivity index (χ1) is 9.47. The summed E-state index contributed by atoms with van der Waals surface area (Å²) in [6, 6.07) is 1.77. The number of hydrogen-bond donors (Lipinski definition) is 0. The fraction of sp³-hybridized carbons (Fsp3) is 1.00. The van der Waals surface area contributed by atoms with Gasteiger partial charge in [-0.05, 0) is 65.6 Å². The first-order valence-corrected chi connectivity index (χ1v) is 8.70. The Morgan fingerprint density at radius 1 is 1.00 bits per heavy atom. The molecule has 4 saturated heterocycles. The van der Waals surface area contributed by atoms with Crippen molar-refractivity contribution in [3.05, 3.63) is 0 Å². The first-order valence-electron chi connectivity index (χ1n) is 8.70. The lowest BCUT2D eigenvalue weighted by molar-refractivity contribution is -0.0718. The summed E-state index contributed by atoms with van der Waals surface area (Å²) in [4.78, 5) is 8.14. The minimum absolute atomic E-state index is 0.360. The van der Waals surface area contributed by atoms with E-state index in [0.717, 1.165) is 18.0 Å². The van der Waals surface area contributed by atoms with Crippen molar-refractivity contribution in [1.29, 1.82) is 0 Å². The number of likely N-dealkylation sites (tertiary alicyclic amines) is 1. The zero-order chi connectivity index (χ0) is 14.3. The second-order valence-electron chi connectivity index (χ2n) is 8.19. The van der Waals surface area contributed by atoms with Gasteiger partial charge in [-0.2, -0.15) is 0 Å². The third kappa shape index (κ3) is 2.90. The highest BCUT2D eigenvalue weighted by atomic mass is 15.4. The molecule has 0 aromatic rings. The summed E-state index contributed by atoms with van der Waals surface area (Å²) in [5.41, 5.74) is 0.360. The van der Waals surface area contributed by atoms with Gasteiger partial charge in [0, 0.05) is 37.3 Å². The molecule has 2 unspecified atom stereocenters. The lowest BCUT2D eigenvalue weighted by Crippen LogP contribution is -2.68. The van der Waals surface area contributed by atoms with Crippen molar-refractivity contribution >= 4 is 0 Å². The summed E-state index contributed by atoms with van der Waals surface area (Å²) in [6.45, 7) is 17.3. The van der Waals surface area contributed by atoms with Gasteiger partial charge in [0.15, 0.2) is 0 Å². The molecule has 4 aliphatic rings. The van der Waals surface area contributed by atoms with Crippen molar-refractivity contribution < 1.29 is 0 Å². The summed E-state index contributed by atoms with van der Waals surface area (Å²) in [6.07, 6.45) is 4.27. The van der Waals surface area contributed by atoms with Crippen LogP contribution in [0.5, 0.6) is 0 Å². The molecule has 2 atom stereocenters. The van der Waals surface area contributed by atoms with E-state index in [9.17, 15) is 0 Å². The van der Waals surface area contributed by atoms with Gasteiger partial charge in [0.2, 0.25) is 0 Å². The molecule has 0 amide bonds. The number of hydrogen-bond acceptors (Lipinski definition) is 3. The molecule has 3 heteroatoms. The molecule has 4 aliphatic heterocycles. The maximum Gasteiger partial charge on any atom is 0.0241 e. The summed E-state index contributed by atoms with van der Waals surface area (Å²) in [5.74, 6) is 0.946. The number of rotatable bonds is 3. The highest BCUT2D eigenvalue weighted by Gasteiger charge is 2.43. The van der Waals surface area contributed by atoms with Gasteiger partial charge in [-0.25, -0.2) is 0 Å². The van der Waals surface area contributed by atoms with Crippen LogP contribution in [-0.2, 0) is 0 Å². The van der Waals surface area contributed by atoms with Gasteiger partial charge in [0.05, 0.1) is 0 Å². The molecule has 116 valence electrons. The number of piperidine rings is 2. The average Bonchev–Trinajstić information content (AvgIpc) is 2.39. The molecule has 20 heavy (non-hydrogen) atoms. The first kappa shape index (κ1) is 14.8. The van der Waals surface area contributed by atoms with Gasteiger partial charge < -0.3 is 0 Å². The Balaban J connectivity index is 1.43. The largest absolute Gasteiger partial charge is 0.300 e. The van der Waals surface area contributed by atoms with Crippen molar-refractivity contribution in [3.8, 4) is 0 Å². The highest BCUT2D eigenvalue weighted by molar-refractivity contribution is 5.00. The predicted octanol–water partition coefficient (Wildman–Crippen LogP) is 2.28. The van der Waals surface area contributed by atoms with Crippen LogP contribution in [0.4, 0.5) is 0 Å². The number of nitrogens with zero attached hydrogens (tertiary/aromatic N) is 3. The number of piperazine rings is 1. The molecule has 3 nitrogen and oxygen atoms in total. The summed E-state index contributed by atoms with van der Waals surface area (Å²) in [5, 5.41) is 0. The van der Waals surface area contributed by atoms with Crippen molar-refractivity contribution in [2.45, 2.75) is 64.6 Å². The second-order valence-corrected chi connectivity index (χ2v) is 8.19. The van der Waals surface area contributed by atoms with E-state index < -0.39 is 0 Å². The molecule has 0 aromatic carbocycles. The Labute approximate surface area is 125 Å². The van der Waals surface area contributed by atoms with Gasteiger partial charge in [-0.1, -0.05) is 6.92 Å². The van der Waals surface area contributed by atoms with Crippen LogP contribution in [0, 0.1) is 5.92 Å². The molecule has 4 heterocycles. The van der Waals surface area contributed by atoms with E-state index in [1.54, 1.807) is 0 Å². The summed E-state index contributed by atoms with van der Waals surface area (Å²) in [7, 11) is 0. The van der Waals surface area contributed by atoms with Crippen LogP contribution in [-0.4, -0.2) is 71.6 Å². The van der Waals surface area contributed by atoms with E-state index >= 15 is 0 Å². The van der Waals surface area contributed by atoms with E-state index in [2.05, 4.69) is 42.4 Å². The van der Waals surface area contributed by atoms with Gasteiger partial charge in [0.1, 0.15) is 0 Å². The van der Waals surface area contributed by atoms with Gasteiger partial charge >= 0.3 is 0 Å². The van der Waals surface area contributed by atoms with E-state index in [-0.39, 0.29) is 0 Å². The van der Waals surface area contributed by atoms with E-state index in [4.69, 9.17) is 0 Å². The summed E-state index contributed by atoms with van der Waals surface area (Å²) < 4.78 is 0. The molecule has 0 aliphatic carbocycles. The SMILES string of the molecule is CCN1C2CC1CN(CC1CCN(C(C)(C)C)CC1)C2. The fourth-order valence-corrected chi connectivity index (χ4v) is 4.59. The molecule has 0 spiro atoms. The second kappa shape index (κ2) is 5.58. The lowest BCUT2D eigenvalue weighted by Gasteiger charge is -2.57. The van der Waals surface area contributed by atoms with Crippen molar-refractivity contribution in [2.75, 3.05) is 39.3 Å². The zero-order valence-corrected chi connectivity index (χ0v) is 13.9. The maximum absolute atomic E-state index is 2.77. The smallest absolute Gasteiger partial charge is 0.0241 e. The predicted molar refractivity (Wildman–Crippen MR) is 85.1 cm³/mol. The number of likely N-dealkylation sites (N-methyl/N-ethyl adjacent to an activating group) is 1. The minimum atomic E-state index is 0.360. The normalized spacial score (nSPS) is 34.2. The van der Waals surface area contributed by atoms with Gasteiger partial charge in [0.25, 0.3) is 0 Å². The molecule has 0 N–H and O–H groups in total. The Morgan fingerprint density at radius 2 is 1.60 bits per heavy atom. The fourth-order valence-electron chi connectivity index (χ4n) is 4.59. The van der Waals surface area contributed by atoms with Crippen LogP contribution in [0.25, 0.3) is 0 Å². The Morgan fingerprint density at radius 3 is 2.10 bits per heavy atom. The molecule has 0 saturated carbocycles. The monoisotopic (exact) mass is 279 g/mol. The molecule has 0 aromatic heterocycles. The standard InChI is InChI=1S/C17H33N3/c1-5-20-15-10-16(20)13-18(12-15)11-14-6-8-19(9-7-14)17(2,3)4/h14-16H,5-13H2,1-4H3.